The summed E-state index contributed by atoms with van der Waals surface area (Å²) >= 11 is 0. The molecule has 0 fully saturated rings. The monoisotopic (exact) mass is 277 g/mol. The predicted molar refractivity (Wildman–Crippen MR) is 56.9 cm³/mol. The van der Waals surface area contributed by atoms with E-state index in [1.165, 1.54) is 0 Å². The molecule has 1 unspecified atom stereocenters. The van der Waals surface area contributed by atoms with E-state index in [1.807, 2.05) is 5.32 Å². The maximum Gasteiger partial charge on any atom is 0.337 e. The third-order valence-corrected chi connectivity index (χ3v) is 2.33. The van der Waals surface area contributed by atoms with Crippen molar-refractivity contribution in [3.05, 3.63) is 35.1 Å². The minimum Gasteiger partial charge on any atom is -0.479 e. The Hall–Kier alpha value is -2.09. The third-order valence-electron chi connectivity index (χ3n) is 2.33. The maximum atomic E-state index is 13.2. The summed E-state index contributed by atoms with van der Waals surface area (Å²) in [4.78, 5) is 22.0. The summed E-state index contributed by atoms with van der Waals surface area (Å²) in [5.74, 6) is -7.71. The van der Waals surface area contributed by atoms with E-state index < -0.39 is 47.0 Å². The zero-order valence-corrected chi connectivity index (χ0v) is 9.71. The number of nitrogens with one attached hydrogen (secondary N) is 1. The average molecular weight is 277 g/mol. The van der Waals surface area contributed by atoms with Gasteiger partial charge in [0.1, 0.15) is 0 Å². The molecule has 0 heterocycles. The van der Waals surface area contributed by atoms with Gasteiger partial charge in [-0.05, 0) is 19.1 Å². The quantitative estimate of drug-likeness (QED) is 0.706. The van der Waals surface area contributed by atoms with Crippen molar-refractivity contribution in [2.24, 2.45) is 0 Å². The Morgan fingerprint density at radius 2 is 1.84 bits per heavy atom. The number of rotatable bonds is 4. The highest BCUT2D eigenvalue weighted by Crippen LogP contribution is 2.15. The van der Waals surface area contributed by atoms with E-state index in [2.05, 4.69) is 0 Å². The van der Waals surface area contributed by atoms with E-state index in [1.54, 1.807) is 0 Å². The number of hydrogen-bond donors (Lipinski definition) is 3. The van der Waals surface area contributed by atoms with E-state index in [9.17, 15) is 27.9 Å². The molecule has 0 aromatic heterocycles. The third kappa shape index (κ3) is 3.22. The van der Waals surface area contributed by atoms with Gasteiger partial charge in [0.2, 0.25) is 0 Å². The summed E-state index contributed by atoms with van der Waals surface area (Å²) in [6.45, 7) is 0.191. The molecule has 0 spiro atoms. The molecule has 8 heteroatoms. The number of carboxylic acid groups (broad SMARTS) is 1. The molecule has 0 aliphatic rings. The largest absolute Gasteiger partial charge is 0.479 e. The molecule has 0 bridgehead atoms. The molecular formula is C11H10F3NO4. The fourth-order valence-corrected chi connectivity index (χ4v) is 1.12. The first kappa shape index (κ1) is 15.0. The Bertz CT molecular complexity index is 531. The van der Waals surface area contributed by atoms with E-state index >= 15 is 0 Å². The van der Waals surface area contributed by atoms with Gasteiger partial charge in [-0.25, -0.2) is 18.0 Å². The fourth-order valence-electron chi connectivity index (χ4n) is 1.12. The van der Waals surface area contributed by atoms with Gasteiger partial charge in [0.25, 0.3) is 5.91 Å². The van der Waals surface area contributed by atoms with Crippen molar-refractivity contribution >= 4 is 11.9 Å². The van der Waals surface area contributed by atoms with Crippen LogP contribution in [0.1, 0.15) is 17.3 Å². The van der Waals surface area contributed by atoms with E-state index in [0.717, 1.165) is 6.92 Å². The standard InChI is InChI=1S/C11H10F3NO4/c1-11(19,10(17)18)4-15-9(16)5-2-3-6(12)8(14)7(5)13/h2-3,19H,4H2,1H3,(H,15,16)(H,17,18). The molecule has 5 nitrogen and oxygen atoms in total. The summed E-state index contributed by atoms with van der Waals surface area (Å²) in [5, 5.41) is 19.8. The smallest absolute Gasteiger partial charge is 0.337 e. The molecule has 104 valence electrons. The van der Waals surface area contributed by atoms with Gasteiger partial charge in [0, 0.05) is 0 Å². The van der Waals surface area contributed by atoms with Crippen molar-refractivity contribution in [3.63, 3.8) is 0 Å². The first-order valence-electron chi connectivity index (χ1n) is 5.04. The molecule has 3 N–H and O–H groups in total. The number of carbonyl (C=O) groups excluding carboxylic acids is 1. The summed E-state index contributed by atoms with van der Waals surface area (Å²) in [6.07, 6.45) is 0. The molecule has 1 aromatic carbocycles. The Kier molecular flexibility index (Phi) is 4.15. The van der Waals surface area contributed by atoms with Gasteiger partial charge in [-0.2, -0.15) is 0 Å². The number of halogens is 3. The maximum absolute atomic E-state index is 13.2. The molecule has 1 aromatic rings. The summed E-state index contributed by atoms with van der Waals surface area (Å²) in [7, 11) is 0. The number of aliphatic hydroxyl groups is 1. The second kappa shape index (κ2) is 5.27. The number of amides is 1. The van der Waals surface area contributed by atoms with Crippen LogP contribution in [0, 0.1) is 17.5 Å². The highest BCUT2D eigenvalue weighted by molar-refractivity contribution is 5.95. The van der Waals surface area contributed by atoms with Crippen LogP contribution < -0.4 is 5.32 Å². The molecule has 0 saturated carbocycles. The number of benzene rings is 1. The highest BCUT2D eigenvalue weighted by atomic mass is 19.2. The topological polar surface area (TPSA) is 86.6 Å². The molecule has 0 aliphatic carbocycles. The van der Waals surface area contributed by atoms with Crippen molar-refractivity contribution in [2.75, 3.05) is 6.54 Å². The minimum absolute atomic E-state index is 0.558. The van der Waals surface area contributed by atoms with E-state index in [-0.39, 0.29) is 0 Å². The molecule has 1 atom stereocenters. The summed E-state index contributed by atoms with van der Waals surface area (Å²) in [5.41, 5.74) is -3.05. The van der Waals surface area contributed by atoms with Crippen molar-refractivity contribution in [1.29, 1.82) is 0 Å². The first-order valence-corrected chi connectivity index (χ1v) is 5.04. The molecule has 19 heavy (non-hydrogen) atoms. The minimum atomic E-state index is -2.26. The van der Waals surface area contributed by atoms with Crippen LogP contribution in [0.25, 0.3) is 0 Å². The Morgan fingerprint density at radius 1 is 1.26 bits per heavy atom. The lowest BCUT2D eigenvalue weighted by Crippen LogP contribution is -2.46. The second-order valence-electron chi connectivity index (χ2n) is 3.98. The highest BCUT2D eigenvalue weighted by Gasteiger charge is 2.31. The molecule has 0 radical (unpaired) electrons. The van der Waals surface area contributed by atoms with Crippen molar-refractivity contribution < 1.29 is 33.0 Å². The van der Waals surface area contributed by atoms with Gasteiger partial charge in [-0.15, -0.1) is 0 Å². The van der Waals surface area contributed by atoms with Crippen molar-refractivity contribution in [3.8, 4) is 0 Å². The van der Waals surface area contributed by atoms with Gasteiger partial charge < -0.3 is 15.5 Å². The Morgan fingerprint density at radius 3 is 2.37 bits per heavy atom. The SMILES string of the molecule is CC(O)(CNC(=O)c1ccc(F)c(F)c1F)C(=O)O. The Labute approximate surface area is 105 Å². The van der Waals surface area contributed by atoms with Crippen LogP contribution in [-0.4, -0.2) is 34.2 Å². The van der Waals surface area contributed by atoms with Crippen molar-refractivity contribution in [1.82, 2.24) is 5.32 Å². The lowest BCUT2D eigenvalue weighted by Gasteiger charge is -2.18. The Balaban J connectivity index is 2.86. The van der Waals surface area contributed by atoms with E-state index in [0.29, 0.717) is 12.1 Å². The fraction of sp³-hybridized carbons (Fsp3) is 0.273. The van der Waals surface area contributed by atoms with Crippen LogP contribution in [-0.2, 0) is 4.79 Å². The zero-order valence-electron chi connectivity index (χ0n) is 9.71. The first-order chi connectivity index (χ1) is 8.66. The molecule has 0 saturated heterocycles. The van der Waals surface area contributed by atoms with Crippen LogP contribution in [0.5, 0.6) is 0 Å². The number of aliphatic carboxylic acids is 1. The van der Waals surface area contributed by atoms with Crippen LogP contribution in [0.4, 0.5) is 13.2 Å². The number of carbonyl (C=O) groups is 2. The van der Waals surface area contributed by atoms with Crippen LogP contribution in [0.3, 0.4) is 0 Å². The molecule has 1 amide bonds. The van der Waals surface area contributed by atoms with Gasteiger partial charge in [0.05, 0.1) is 12.1 Å². The summed E-state index contributed by atoms with van der Waals surface area (Å²) < 4.78 is 38.8. The lowest BCUT2D eigenvalue weighted by molar-refractivity contribution is -0.155. The van der Waals surface area contributed by atoms with Gasteiger partial charge >= 0.3 is 5.97 Å². The predicted octanol–water partition coefficient (Wildman–Crippen LogP) is 0.669. The lowest BCUT2D eigenvalue weighted by atomic mass is 10.1. The van der Waals surface area contributed by atoms with Crippen LogP contribution in [0.2, 0.25) is 0 Å². The van der Waals surface area contributed by atoms with Gasteiger partial charge in [-0.3, -0.25) is 4.79 Å². The van der Waals surface area contributed by atoms with Crippen LogP contribution >= 0.6 is 0 Å². The number of carboxylic acids is 1. The van der Waals surface area contributed by atoms with E-state index in [4.69, 9.17) is 5.11 Å². The second-order valence-corrected chi connectivity index (χ2v) is 3.98. The zero-order chi connectivity index (χ0) is 14.8. The number of hydrogen-bond acceptors (Lipinski definition) is 3. The molecular weight excluding hydrogens is 267 g/mol. The van der Waals surface area contributed by atoms with Gasteiger partial charge in [-0.1, -0.05) is 0 Å². The van der Waals surface area contributed by atoms with Crippen molar-refractivity contribution in [2.45, 2.75) is 12.5 Å². The van der Waals surface area contributed by atoms with Gasteiger partial charge in [0.15, 0.2) is 23.1 Å². The molecule has 0 aliphatic heterocycles. The summed E-state index contributed by atoms with van der Waals surface area (Å²) in [6, 6.07) is 1.27. The molecule has 1 rings (SSSR count). The normalized spacial score (nSPS) is 13.7. The average Bonchev–Trinajstić information content (AvgIpc) is 2.33. The van der Waals surface area contributed by atoms with Crippen LogP contribution in [0.15, 0.2) is 12.1 Å².